The molecule has 16 heavy (non-hydrogen) atoms. The second-order valence-electron chi connectivity index (χ2n) is 3.09. The molecule has 0 aliphatic carbocycles. The molecule has 2 aromatic rings. The summed E-state index contributed by atoms with van der Waals surface area (Å²) in [5.74, 6) is 0. The third kappa shape index (κ3) is 2.95. The number of hydrogen-bond acceptors (Lipinski definition) is 4. The van der Waals surface area contributed by atoms with Gasteiger partial charge in [0.2, 0.25) is 0 Å². The second-order valence-corrected chi connectivity index (χ2v) is 4.57. The summed E-state index contributed by atoms with van der Waals surface area (Å²) in [5, 5.41) is 10.2. The number of rotatable bonds is 3. The van der Waals surface area contributed by atoms with Gasteiger partial charge in [0, 0.05) is 27.9 Å². The molecule has 0 fully saturated rings. The molecule has 0 atom stereocenters. The van der Waals surface area contributed by atoms with E-state index in [1.54, 1.807) is 12.4 Å². The van der Waals surface area contributed by atoms with Crippen LogP contribution in [-0.2, 0) is 6.61 Å². The molecule has 0 unspecified atom stereocenters. The summed E-state index contributed by atoms with van der Waals surface area (Å²) in [5.41, 5.74) is 0.704. The van der Waals surface area contributed by atoms with Crippen LogP contribution in [0.3, 0.4) is 0 Å². The lowest BCUT2D eigenvalue weighted by atomic mass is 10.4. The molecule has 1 aromatic carbocycles. The normalized spacial score (nSPS) is 10.4. The minimum Gasteiger partial charge on any atom is -0.392 e. The van der Waals surface area contributed by atoms with Crippen LogP contribution in [0, 0.1) is 0 Å². The quantitative estimate of drug-likeness (QED) is 0.854. The van der Waals surface area contributed by atoms with Gasteiger partial charge in [-0.15, -0.1) is 0 Å². The monoisotopic (exact) mass is 252 g/mol. The number of aliphatic hydroxyl groups is 1. The highest BCUT2D eigenvalue weighted by Gasteiger charge is 2.01. The van der Waals surface area contributed by atoms with Gasteiger partial charge in [-0.3, -0.25) is 0 Å². The molecule has 0 saturated carbocycles. The first-order valence-electron chi connectivity index (χ1n) is 4.63. The van der Waals surface area contributed by atoms with Crippen molar-refractivity contribution in [1.29, 1.82) is 0 Å². The topological polar surface area (TPSA) is 46.0 Å². The molecular formula is C11H9ClN2OS. The summed E-state index contributed by atoms with van der Waals surface area (Å²) < 4.78 is 0. The predicted octanol–water partition coefficient (Wildman–Crippen LogP) is 2.77. The van der Waals surface area contributed by atoms with Crippen molar-refractivity contribution >= 4 is 23.4 Å². The number of benzene rings is 1. The molecule has 3 nitrogen and oxygen atoms in total. The van der Waals surface area contributed by atoms with Crippen molar-refractivity contribution < 1.29 is 5.11 Å². The van der Waals surface area contributed by atoms with Crippen LogP contribution in [0.2, 0.25) is 5.02 Å². The van der Waals surface area contributed by atoms with E-state index in [-0.39, 0.29) is 6.61 Å². The molecule has 0 saturated heterocycles. The first kappa shape index (κ1) is 11.4. The van der Waals surface area contributed by atoms with Gasteiger partial charge in [0.05, 0.1) is 6.61 Å². The molecular weight excluding hydrogens is 244 g/mol. The van der Waals surface area contributed by atoms with Gasteiger partial charge in [-0.2, -0.15) is 0 Å². The molecule has 0 aliphatic heterocycles. The van der Waals surface area contributed by atoms with E-state index < -0.39 is 0 Å². The molecule has 0 amide bonds. The van der Waals surface area contributed by atoms with E-state index in [4.69, 9.17) is 16.7 Å². The molecule has 0 spiro atoms. The van der Waals surface area contributed by atoms with Gasteiger partial charge in [0.1, 0.15) is 0 Å². The van der Waals surface area contributed by atoms with Crippen molar-refractivity contribution in [3.8, 4) is 0 Å². The zero-order valence-electron chi connectivity index (χ0n) is 8.30. The van der Waals surface area contributed by atoms with Crippen LogP contribution in [0.1, 0.15) is 5.56 Å². The van der Waals surface area contributed by atoms with E-state index in [0.29, 0.717) is 15.7 Å². The number of aromatic nitrogens is 2. The Morgan fingerprint density at radius 2 is 2.00 bits per heavy atom. The zero-order valence-corrected chi connectivity index (χ0v) is 9.87. The maximum absolute atomic E-state index is 8.85. The highest BCUT2D eigenvalue weighted by molar-refractivity contribution is 7.99. The average Bonchev–Trinajstić information content (AvgIpc) is 2.30. The Bertz CT molecular complexity index is 476. The standard InChI is InChI=1S/C11H9ClN2OS/c12-9-2-1-3-10(4-9)16-11-13-5-8(7-15)6-14-11/h1-6,15H,7H2. The van der Waals surface area contributed by atoms with Gasteiger partial charge >= 0.3 is 0 Å². The molecule has 1 N–H and O–H groups in total. The van der Waals surface area contributed by atoms with Crippen molar-refractivity contribution in [2.45, 2.75) is 16.7 Å². The fourth-order valence-electron chi connectivity index (χ4n) is 1.11. The van der Waals surface area contributed by atoms with Crippen LogP contribution < -0.4 is 0 Å². The van der Waals surface area contributed by atoms with E-state index >= 15 is 0 Å². The molecule has 1 aromatic heterocycles. The fourth-order valence-corrected chi connectivity index (χ4v) is 2.12. The van der Waals surface area contributed by atoms with Crippen LogP contribution in [0.5, 0.6) is 0 Å². The largest absolute Gasteiger partial charge is 0.392 e. The number of halogens is 1. The summed E-state index contributed by atoms with van der Waals surface area (Å²) in [6.07, 6.45) is 3.22. The molecule has 5 heteroatoms. The summed E-state index contributed by atoms with van der Waals surface area (Å²) >= 11 is 7.30. The van der Waals surface area contributed by atoms with E-state index in [1.165, 1.54) is 11.8 Å². The Balaban J connectivity index is 2.14. The summed E-state index contributed by atoms with van der Waals surface area (Å²) in [4.78, 5) is 9.24. The molecule has 82 valence electrons. The number of hydrogen-bond donors (Lipinski definition) is 1. The Morgan fingerprint density at radius 3 is 2.62 bits per heavy atom. The molecule has 0 radical (unpaired) electrons. The molecule has 1 heterocycles. The van der Waals surface area contributed by atoms with Gasteiger partial charge in [0.15, 0.2) is 5.16 Å². The lowest BCUT2D eigenvalue weighted by Crippen LogP contribution is -1.90. The van der Waals surface area contributed by atoms with Crippen molar-refractivity contribution in [3.05, 3.63) is 47.2 Å². The van der Waals surface area contributed by atoms with E-state index in [2.05, 4.69) is 9.97 Å². The highest BCUT2D eigenvalue weighted by Crippen LogP contribution is 2.26. The smallest absolute Gasteiger partial charge is 0.192 e. The van der Waals surface area contributed by atoms with E-state index in [1.807, 2.05) is 24.3 Å². The maximum atomic E-state index is 8.85. The van der Waals surface area contributed by atoms with Gasteiger partial charge in [-0.25, -0.2) is 9.97 Å². The Kier molecular flexibility index (Phi) is 3.77. The molecule has 2 rings (SSSR count). The summed E-state index contributed by atoms with van der Waals surface area (Å²) in [7, 11) is 0. The third-order valence-electron chi connectivity index (χ3n) is 1.87. The lowest BCUT2D eigenvalue weighted by Gasteiger charge is -2.01. The number of aliphatic hydroxyl groups excluding tert-OH is 1. The fraction of sp³-hybridized carbons (Fsp3) is 0.0909. The van der Waals surface area contributed by atoms with Crippen LogP contribution in [0.25, 0.3) is 0 Å². The van der Waals surface area contributed by atoms with Crippen LogP contribution in [0.4, 0.5) is 0 Å². The van der Waals surface area contributed by atoms with Crippen molar-refractivity contribution in [2.75, 3.05) is 0 Å². The first-order chi connectivity index (χ1) is 7.78. The third-order valence-corrected chi connectivity index (χ3v) is 2.99. The van der Waals surface area contributed by atoms with Crippen LogP contribution in [-0.4, -0.2) is 15.1 Å². The summed E-state index contributed by atoms with van der Waals surface area (Å²) in [6, 6.07) is 7.50. The SMILES string of the molecule is OCc1cnc(Sc2cccc(Cl)c2)nc1. The summed E-state index contributed by atoms with van der Waals surface area (Å²) in [6.45, 7) is -0.0396. The van der Waals surface area contributed by atoms with Gasteiger partial charge in [0.25, 0.3) is 0 Å². The van der Waals surface area contributed by atoms with E-state index in [0.717, 1.165) is 4.90 Å². The zero-order chi connectivity index (χ0) is 11.4. The van der Waals surface area contributed by atoms with Crippen LogP contribution >= 0.6 is 23.4 Å². The van der Waals surface area contributed by atoms with Crippen molar-refractivity contribution in [2.24, 2.45) is 0 Å². The minimum absolute atomic E-state index is 0.0396. The maximum Gasteiger partial charge on any atom is 0.192 e. The average molecular weight is 253 g/mol. The highest BCUT2D eigenvalue weighted by atomic mass is 35.5. The van der Waals surface area contributed by atoms with Crippen molar-refractivity contribution in [3.63, 3.8) is 0 Å². The second kappa shape index (κ2) is 5.30. The van der Waals surface area contributed by atoms with Gasteiger partial charge < -0.3 is 5.11 Å². The lowest BCUT2D eigenvalue weighted by molar-refractivity contribution is 0.280. The minimum atomic E-state index is -0.0396. The Morgan fingerprint density at radius 1 is 1.25 bits per heavy atom. The molecule has 0 bridgehead atoms. The predicted molar refractivity (Wildman–Crippen MR) is 63.5 cm³/mol. The van der Waals surface area contributed by atoms with Crippen LogP contribution in [0.15, 0.2) is 46.7 Å². The first-order valence-corrected chi connectivity index (χ1v) is 5.82. The Labute approximate surface area is 103 Å². The van der Waals surface area contributed by atoms with Gasteiger partial charge in [-0.05, 0) is 30.0 Å². The van der Waals surface area contributed by atoms with E-state index in [9.17, 15) is 0 Å². The van der Waals surface area contributed by atoms with Gasteiger partial charge in [-0.1, -0.05) is 17.7 Å². The molecule has 0 aliphatic rings. The Hall–Kier alpha value is -1.10. The van der Waals surface area contributed by atoms with Crippen molar-refractivity contribution in [1.82, 2.24) is 9.97 Å². The number of nitrogens with zero attached hydrogens (tertiary/aromatic N) is 2.